The summed E-state index contributed by atoms with van der Waals surface area (Å²) >= 11 is 1.21. The Morgan fingerprint density at radius 1 is 1.24 bits per heavy atom. The van der Waals surface area contributed by atoms with Crippen molar-refractivity contribution in [3.63, 3.8) is 0 Å². The van der Waals surface area contributed by atoms with Crippen LogP contribution in [0.15, 0.2) is 58.4 Å². The zero-order valence-electron chi connectivity index (χ0n) is 13.1. The summed E-state index contributed by atoms with van der Waals surface area (Å²) in [4.78, 5) is 27.1. The Balaban J connectivity index is 1.79. The molecule has 1 fully saturated rings. The molecule has 1 heterocycles. The van der Waals surface area contributed by atoms with E-state index in [1.807, 2.05) is 12.1 Å². The van der Waals surface area contributed by atoms with E-state index in [9.17, 15) is 14.9 Å². The van der Waals surface area contributed by atoms with E-state index in [-0.39, 0.29) is 11.6 Å². The van der Waals surface area contributed by atoms with Gasteiger partial charge in [-0.05, 0) is 47.7 Å². The van der Waals surface area contributed by atoms with Crippen molar-refractivity contribution in [1.29, 1.82) is 0 Å². The zero-order valence-corrected chi connectivity index (χ0v) is 13.9. The summed E-state index contributed by atoms with van der Waals surface area (Å²) < 4.78 is 5.14. The highest BCUT2D eigenvalue weighted by Crippen LogP contribution is 2.29. The van der Waals surface area contributed by atoms with Gasteiger partial charge in [0.25, 0.3) is 11.6 Å². The Hall–Kier alpha value is -3.13. The molecule has 3 rings (SSSR count). The Kier molecular flexibility index (Phi) is 4.80. The van der Waals surface area contributed by atoms with Crippen molar-refractivity contribution in [2.24, 2.45) is 4.99 Å². The number of carbonyl (C=O) groups is 1. The second-order valence-corrected chi connectivity index (χ2v) is 6.06. The first kappa shape index (κ1) is 16.7. The van der Waals surface area contributed by atoms with Crippen LogP contribution in [0.2, 0.25) is 0 Å². The SMILES string of the molecule is COc1cccc(N=C2NC(=O)C(=Cc3ccc([N+](=O)[O-])cc3)S2)c1. The molecule has 2 aromatic rings. The fourth-order valence-corrected chi connectivity index (χ4v) is 2.96. The molecule has 2 aromatic carbocycles. The molecular weight excluding hydrogens is 342 g/mol. The van der Waals surface area contributed by atoms with Crippen molar-refractivity contribution < 1.29 is 14.5 Å². The Bertz CT molecular complexity index is 891. The highest BCUT2D eigenvalue weighted by Gasteiger charge is 2.23. The van der Waals surface area contributed by atoms with E-state index in [0.717, 1.165) is 0 Å². The third-order valence-electron chi connectivity index (χ3n) is 3.34. The van der Waals surface area contributed by atoms with Gasteiger partial charge in [0.2, 0.25) is 0 Å². The van der Waals surface area contributed by atoms with Gasteiger partial charge >= 0.3 is 0 Å². The van der Waals surface area contributed by atoms with Gasteiger partial charge in [0.1, 0.15) is 5.75 Å². The number of amides is 1. The van der Waals surface area contributed by atoms with Gasteiger partial charge in [-0.15, -0.1) is 0 Å². The van der Waals surface area contributed by atoms with Gasteiger partial charge in [0.15, 0.2) is 5.17 Å². The summed E-state index contributed by atoms with van der Waals surface area (Å²) in [5.41, 5.74) is 1.37. The molecule has 0 saturated carbocycles. The van der Waals surface area contributed by atoms with E-state index in [1.165, 1.54) is 23.9 Å². The molecule has 1 amide bonds. The number of nitrogens with zero attached hydrogens (tertiary/aromatic N) is 2. The average molecular weight is 355 g/mol. The minimum atomic E-state index is -0.465. The molecule has 1 aliphatic heterocycles. The van der Waals surface area contributed by atoms with E-state index in [0.29, 0.717) is 27.1 Å². The lowest BCUT2D eigenvalue weighted by Gasteiger charge is -2.00. The van der Waals surface area contributed by atoms with Crippen molar-refractivity contribution in [3.05, 3.63) is 69.1 Å². The highest BCUT2D eigenvalue weighted by atomic mass is 32.2. The second-order valence-electron chi connectivity index (χ2n) is 5.03. The average Bonchev–Trinajstić information content (AvgIpc) is 2.94. The fraction of sp³-hybridized carbons (Fsp3) is 0.0588. The first-order valence-corrected chi connectivity index (χ1v) is 8.05. The fourth-order valence-electron chi connectivity index (χ4n) is 2.12. The van der Waals surface area contributed by atoms with Crippen LogP contribution in [0.4, 0.5) is 11.4 Å². The van der Waals surface area contributed by atoms with E-state index in [1.54, 1.807) is 37.5 Å². The lowest BCUT2D eigenvalue weighted by Crippen LogP contribution is -2.19. The normalized spacial score (nSPS) is 16.9. The number of hydrogen-bond acceptors (Lipinski definition) is 6. The number of nitro benzene ring substituents is 1. The molecule has 1 aliphatic rings. The number of rotatable bonds is 4. The van der Waals surface area contributed by atoms with Gasteiger partial charge in [-0.2, -0.15) is 0 Å². The summed E-state index contributed by atoms with van der Waals surface area (Å²) in [5, 5.41) is 13.8. The molecule has 0 bridgehead atoms. The minimum absolute atomic E-state index is 0.00551. The molecule has 0 aliphatic carbocycles. The topological polar surface area (TPSA) is 93.8 Å². The molecule has 7 nitrogen and oxygen atoms in total. The van der Waals surface area contributed by atoms with Crippen molar-refractivity contribution in [3.8, 4) is 5.75 Å². The summed E-state index contributed by atoms with van der Waals surface area (Å²) in [6.07, 6.45) is 1.66. The van der Waals surface area contributed by atoms with Crippen molar-refractivity contribution in [2.45, 2.75) is 0 Å². The standard InChI is InChI=1S/C17H13N3O4S/c1-24-14-4-2-3-12(10-14)18-17-19-16(21)15(25-17)9-11-5-7-13(8-6-11)20(22)23/h2-10H,1H3,(H,18,19,21). The number of methoxy groups -OCH3 is 1. The van der Waals surface area contributed by atoms with E-state index >= 15 is 0 Å². The van der Waals surface area contributed by atoms with Crippen LogP contribution in [0.1, 0.15) is 5.56 Å². The number of benzene rings is 2. The third kappa shape index (κ3) is 4.04. The highest BCUT2D eigenvalue weighted by molar-refractivity contribution is 8.18. The minimum Gasteiger partial charge on any atom is -0.497 e. The van der Waals surface area contributed by atoms with Gasteiger partial charge in [0.05, 0.1) is 22.6 Å². The Labute approximate surface area is 147 Å². The molecule has 0 radical (unpaired) electrons. The third-order valence-corrected chi connectivity index (χ3v) is 4.25. The molecule has 8 heteroatoms. The maximum atomic E-state index is 12.1. The molecule has 0 atom stereocenters. The van der Waals surface area contributed by atoms with E-state index in [4.69, 9.17) is 4.74 Å². The predicted molar refractivity (Wildman–Crippen MR) is 96.9 cm³/mol. The van der Waals surface area contributed by atoms with Crippen LogP contribution in [0.3, 0.4) is 0 Å². The lowest BCUT2D eigenvalue weighted by molar-refractivity contribution is -0.384. The van der Waals surface area contributed by atoms with Crippen LogP contribution in [-0.2, 0) is 4.79 Å². The first-order valence-electron chi connectivity index (χ1n) is 7.23. The van der Waals surface area contributed by atoms with Crippen LogP contribution in [0.25, 0.3) is 6.08 Å². The molecule has 0 unspecified atom stereocenters. The van der Waals surface area contributed by atoms with Crippen molar-refractivity contribution >= 4 is 40.3 Å². The molecule has 126 valence electrons. The first-order chi connectivity index (χ1) is 12.0. The van der Waals surface area contributed by atoms with Gasteiger partial charge < -0.3 is 10.1 Å². The van der Waals surface area contributed by atoms with Crippen LogP contribution < -0.4 is 10.1 Å². The Morgan fingerprint density at radius 3 is 2.68 bits per heavy atom. The molecule has 0 spiro atoms. The number of non-ortho nitro benzene ring substituents is 1. The number of thioether (sulfide) groups is 1. The number of amidine groups is 1. The summed E-state index contributed by atoms with van der Waals surface area (Å²) in [6, 6.07) is 13.2. The van der Waals surface area contributed by atoms with Gasteiger partial charge in [-0.3, -0.25) is 14.9 Å². The maximum Gasteiger partial charge on any atom is 0.269 e. The smallest absolute Gasteiger partial charge is 0.269 e. The number of aliphatic imine (C=N–C) groups is 1. The quantitative estimate of drug-likeness (QED) is 0.515. The van der Waals surface area contributed by atoms with Crippen molar-refractivity contribution in [1.82, 2.24) is 5.32 Å². The lowest BCUT2D eigenvalue weighted by atomic mass is 10.2. The molecule has 1 saturated heterocycles. The largest absolute Gasteiger partial charge is 0.497 e. The summed E-state index contributed by atoms with van der Waals surface area (Å²) in [7, 11) is 1.57. The maximum absolute atomic E-state index is 12.1. The molecule has 1 N–H and O–H groups in total. The number of nitrogens with one attached hydrogen (secondary N) is 1. The van der Waals surface area contributed by atoms with Crippen LogP contribution in [0.5, 0.6) is 5.75 Å². The van der Waals surface area contributed by atoms with E-state index in [2.05, 4.69) is 10.3 Å². The summed E-state index contributed by atoms with van der Waals surface area (Å²) in [5.74, 6) is 0.419. The monoisotopic (exact) mass is 355 g/mol. The van der Waals surface area contributed by atoms with E-state index < -0.39 is 4.92 Å². The van der Waals surface area contributed by atoms with Gasteiger partial charge in [0, 0.05) is 18.2 Å². The molecule has 25 heavy (non-hydrogen) atoms. The number of carbonyl (C=O) groups excluding carboxylic acids is 1. The predicted octanol–water partition coefficient (Wildman–Crippen LogP) is 3.50. The van der Waals surface area contributed by atoms with Gasteiger partial charge in [-0.25, -0.2) is 4.99 Å². The Morgan fingerprint density at radius 2 is 2.00 bits per heavy atom. The van der Waals surface area contributed by atoms with Crippen LogP contribution in [-0.4, -0.2) is 23.1 Å². The van der Waals surface area contributed by atoms with Gasteiger partial charge in [-0.1, -0.05) is 6.07 Å². The number of ether oxygens (including phenoxy) is 1. The molecular formula is C17H13N3O4S. The number of nitro groups is 1. The second kappa shape index (κ2) is 7.18. The van der Waals surface area contributed by atoms with Crippen molar-refractivity contribution in [2.75, 3.05) is 7.11 Å². The van der Waals surface area contributed by atoms with Crippen LogP contribution in [0, 0.1) is 10.1 Å². The zero-order chi connectivity index (χ0) is 17.8. The summed E-state index contributed by atoms with van der Waals surface area (Å²) in [6.45, 7) is 0. The van der Waals surface area contributed by atoms with Crippen LogP contribution >= 0.6 is 11.8 Å². The number of hydrogen-bond donors (Lipinski definition) is 1. The molecule has 0 aromatic heterocycles.